The van der Waals surface area contributed by atoms with Gasteiger partial charge in [-0.15, -0.1) is 0 Å². The molecule has 0 fully saturated rings. The Bertz CT molecular complexity index is 343. The van der Waals surface area contributed by atoms with E-state index in [9.17, 15) is 0 Å². The van der Waals surface area contributed by atoms with Crippen LogP contribution < -0.4 is 15.2 Å². The SMILES string of the molecule is CCCCOc1ccc(OCCCC[C@@H](N)CS)cc1. The van der Waals surface area contributed by atoms with Crippen LogP contribution in [0.3, 0.4) is 0 Å². The molecule has 20 heavy (non-hydrogen) atoms. The first-order valence-electron chi connectivity index (χ1n) is 7.48. The molecular formula is C16H27NO2S. The van der Waals surface area contributed by atoms with Gasteiger partial charge in [0.2, 0.25) is 0 Å². The van der Waals surface area contributed by atoms with Crippen LogP contribution in [-0.2, 0) is 0 Å². The first kappa shape index (κ1) is 17.2. The standard InChI is InChI=1S/C16H27NO2S/c1-2-3-11-18-15-7-9-16(10-8-15)19-12-5-4-6-14(17)13-20/h7-10,14,20H,2-6,11-13,17H2,1H3/t14-/m1/s1. The van der Waals surface area contributed by atoms with E-state index in [1.807, 2.05) is 24.3 Å². The van der Waals surface area contributed by atoms with Gasteiger partial charge in [-0.1, -0.05) is 13.3 Å². The average molecular weight is 297 g/mol. The molecule has 114 valence electrons. The quantitative estimate of drug-likeness (QED) is 0.484. The second-order valence-corrected chi connectivity index (χ2v) is 5.33. The maximum Gasteiger partial charge on any atom is 0.119 e. The molecule has 1 aromatic rings. The average Bonchev–Trinajstić information content (AvgIpc) is 2.48. The number of ether oxygens (including phenoxy) is 2. The van der Waals surface area contributed by atoms with Crippen LogP contribution in [0, 0.1) is 0 Å². The first-order chi connectivity index (χ1) is 9.76. The van der Waals surface area contributed by atoms with Gasteiger partial charge in [0.15, 0.2) is 0 Å². The minimum Gasteiger partial charge on any atom is -0.494 e. The van der Waals surface area contributed by atoms with Gasteiger partial charge in [0, 0.05) is 11.8 Å². The molecule has 2 N–H and O–H groups in total. The lowest BCUT2D eigenvalue weighted by molar-refractivity contribution is 0.298. The van der Waals surface area contributed by atoms with Gasteiger partial charge in [0.25, 0.3) is 0 Å². The number of hydrogen-bond donors (Lipinski definition) is 2. The van der Waals surface area contributed by atoms with Crippen LogP contribution in [0.2, 0.25) is 0 Å². The smallest absolute Gasteiger partial charge is 0.119 e. The molecule has 0 saturated heterocycles. The molecule has 0 amide bonds. The molecule has 3 nitrogen and oxygen atoms in total. The van der Waals surface area contributed by atoms with Gasteiger partial charge in [-0.25, -0.2) is 0 Å². The zero-order valence-electron chi connectivity index (χ0n) is 12.4. The summed E-state index contributed by atoms with van der Waals surface area (Å²) < 4.78 is 11.3. The van der Waals surface area contributed by atoms with Gasteiger partial charge in [-0.2, -0.15) is 12.6 Å². The normalized spacial score (nSPS) is 12.2. The van der Waals surface area contributed by atoms with Crippen molar-refractivity contribution in [2.75, 3.05) is 19.0 Å². The fraction of sp³-hybridized carbons (Fsp3) is 0.625. The number of hydrogen-bond acceptors (Lipinski definition) is 4. The van der Waals surface area contributed by atoms with Crippen molar-refractivity contribution in [3.63, 3.8) is 0 Å². The number of thiol groups is 1. The molecular weight excluding hydrogens is 270 g/mol. The third-order valence-corrected chi connectivity index (χ3v) is 3.53. The Labute approximate surface area is 128 Å². The maximum atomic E-state index is 5.80. The van der Waals surface area contributed by atoms with Gasteiger partial charge in [0.1, 0.15) is 11.5 Å². The lowest BCUT2D eigenvalue weighted by Gasteiger charge is -2.10. The van der Waals surface area contributed by atoms with Crippen LogP contribution >= 0.6 is 12.6 Å². The number of nitrogens with two attached hydrogens (primary N) is 1. The van der Waals surface area contributed by atoms with Gasteiger partial charge in [0.05, 0.1) is 13.2 Å². The Morgan fingerprint density at radius 3 is 2.05 bits per heavy atom. The van der Waals surface area contributed by atoms with E-state index in [1.165, 1.54) is 0 Å². The fourth-order valence-electron chi connectivity index (χ4n) is 1.76. The minimum atomic E-state index is 0.206. The zero-order valence-corrected chi connectivity index (χ0v) is 13.3. The Hall–Kier alpha value is -0.870. The van der Waals surface area contributed by atoms with E-state index in [4.69, 9.17) is 15.2 Å². The molecule has 1 aromatic carbocycles. The molecule has 0 aliphatic carbocycles. The van der Waals surface area contributed by atoms with Crippen molar-refractivity contribution in [3.8, 4) is 11.5 Å². The van der Waals surface area contributed by atoms with Crippen molar-refractivity contribution in [2.24, 2.45) is 5.73 Å². The van der Waals surface area contributed by atoms with Crippen molar-refractivity contribution >= 4 is 12.6 Å². The molecule has 0 heterocycles. The van der Waals surface area contributed by atoms with Crippen LogP contribution in [0.4, 0.5) is 0 Å². The van der Waals surface area contributed by atoms with Crippen LogP contribution in [0.1, 0.15) is 39.0 Å². The second-order valence-electron chi connectivity index (χ2n) is 4.96. The lowest BCUT2D eigenvalue weighted by atomic mass is 10.1. The van der Waals surface area contributed by atoms with E-state index in [2.05, 4.69) is 19.6 Å². The zero-order chi connectivity index (χ0) is 14.6. The Morgan fingerprint density at radius 1 is 1.00 bits per heavy atom. The Kier molecular flexibility index (Phi) is 9.33. The highest BCUT2D eigenvalue weighted by molar-refractivity contribution is 7.80. The van der Waals surface area contributed by atoms with Crippen LogP contribution in [-0.4, -0.2) is 25.0 Å². The van der Waals surface area contributed by atoms with E-state index in [1.54, 1.807) is 0 Å². The largest absolute Gasteiger partial charge is 0.494 e. The first-order valence-corrected chi connectivity index (χ1v) is 8.11. The topological polar surface area (TPSA) is 44.5 Å². The van der Waals surface area contributed by atoms with Gasteiger partial charge in [-0.3, -0.25) is 0 Å². The number of rotatable bonds is 11. The highest BCUT2D eigenvalue weighted by Gasteiger charge is 2.00. The lowest BCUT2D eigenvalue weighted by Crippen LogP contribution is -2.21. The van der Waals surface area contributed by atoms with E-state index in [0.717, 1.165) is 62.6 Å². The molecule has 0 radical (unpaired) electrons. The van der Waals surface area contributed by atoms with Gasteiger partial charge in [-0.05, 0) is 49.9 Å². The van der Waals surface area contributed by atoms with E-state index in [-0.39, 0.29) is 6.04 Å². The van der Waals surface area contributed by atoms with Gasteiger partial charge >= 0.3 is 0 Å². The summed E-state index contributed by atoms with van der Waals surface area (Å²) in [5.41, 5.74) is 5.80. The van der Waals surface area contributed by atoms with E-state index >= 15 is 0 Å². The summed E-state index contributed by atoms with van der Waals surface area (Å²) in [5, 5.41) is 0. The summed E-state index contributed by atoms with van der Waals surface area (Å²) in [7, 11) is 0. The van der Waals surface area contributed by atoms with Crippen molar-refractivity contribution in [1.29, 1.82) is 0 Å². The van der Waals surface area contributed by atoms with E-state index < -0.39 is 0 Å². The number of unbranched alkanes of at least 4 members (excludes halogenated alkanes) is 2. The summed E-state index contributed by atoms with van der Waals surface area (Å²) in [4.78, 5) is 0. The molecule has 0 aliphatic heterocycles. The molecule has 1 rings (SSSR count). The molecule has 0 aliphatic rings. The van der Waals surface area contributed by atoms with Gasteiger partial charge < -0.3 is 15.2 Å². The molecule has 0 bridgehead atoms. The monoisotopic (exact) mass is 297 g/mol. The van der Waals surface area contributed by atoms with Crippen LogP contribution in [0.25, 0.3) is 0 Å². The Morgan fingerprint density at radius 2 is 1.55 bits per heavy atom. The predicted octanol–water partition coefficient (Wildman–Crippen LogP) is 3.67. The molecule has 4 heteroatoms. The predicted molar refractivity (Wildman–Crippen MR) is 88.0 cm³/mol. The number of benzene rings is 1. The molecule has 0 unspecified atom stereocenters. The maximum absolute atomic E-state index is 5.80. The third kappa shape index (κ3) is 7.65. The molecule has 1 atom stereocenters. The second kappa shape index (κ2) is 10.9. The Balaban J connectivity index is 2.14. The third-order valence-electron chi connectivity index (χ3n) is 3.06. The molecule has 0 aromatic heterocycles. The minimum absolute atomic E-state index is 0.206. The highest BCUT2D eigenvalue weighted by Crippen LogP contribution is 2.18. The summed E-state index contributed by atoms with van der Waals surface area (Å²) >= 11 is 4.17. The van der Waals surface area contributed by atoms with Crippen LogP contribution in [0.15, 0.2) is 24.3 Å². The van der Waals surface area contributed by atoms with E-state index in [0.29, 0.717) is 0 Å². The van der Waals surface area contributed by atoms with Crippen molar-refractivity contribution in [3.05, 3.63) is 24.3 Å². The fourth-order valence-corrected chi connectivity index (χ4v) is 1.94. The summed E-state index contributed by atoms with van der Waals surface area (Å²) in [5.74, 6) is 2.55. The van der Waals surface area contributed by atoms with Crippen molar-refractivity contribution < 1.29 is 9.47 Å². The summed E-state index contributed by atoms with van der Waals surface area (Å²) in [6.45, 7) is 3.67. The van der Waals surface area contributed by atoms with Crippen LogP contribution in [0.5, 0.6) is 11.5 Å². The highest BCUT2D eigenvalue weighted by atomic mass is 32.1. The van der Waals surface area contributed by atoms with Crippen molar-refractivity contribution in [2.45, 2.75) is 45.1 Å². The summed E-state index contributed by atoms with van der Waals surface area (Å²) in [6, 6.07) is 8.04. The van der Waals surface area contributed by atoms with Crippen molar-refractivity contribution in [1.82, 2.24) is 0 Å². The molecule has 0 spiro atoms. The molecule has 0 saturated carbocycles. The summed E-state index contributed by atoms with van der Waals surface area (Å²) in [6.07, 6.45) is 5.36.